The second kappa shape index (κ2) is 9.16. The first-order chi connectivity index (χ1) is 14.0. The number of hydrogen-bond acceptors (Lipinski definition) is 7. The zero-order valence-electron chi connectivity index (χ0n) is 15.7. The van der Waals surface area contributed by atoms with Crippen molar-refractivity contribution in [3.05, 3.63) is 52.9 Å². The summed E-state index contributed by atoms with van der Waals surface area (Å²) in [7, 11) is 3.08. The van der Waals surface area contributed by atoms with Gasteiger partial charge in [-0.2, -0.15) is 0 Å². The van der Waals surface area contributed by atoms with Gasteiger partial charge in [0.15, 0.2) is 11.8 Å². The smallest absolute Gasteiger partial charge is 0.341 e. The van der Waals surface area contributed by atoms with Crippen LogP contribution in [-0.4, -0.2) is 43.0 Å². The summed E-state index contributed by atoms with van der Waals surface area (Å²) < 4.78 is 15.8. The van der Waals surface area contributed by atoms with E-state index in [4.69, 9.17) is 19.3 Å². The van der Waals surface area contributed by atoms with Crippen molar-refractivity contribution in [2.75, 3.05) is 20.8 Å². The zero-order chi connectivity index (χ0) is 20.8. The minimum atomic E-state index is -1.08. The first-order valence-corrected chi connectivity index (χ1v) is 9.27. The summed E-state index contributed by atoms with van der Waals surface area (Å²) in [6.07, 6.45) is 1.63. The number of hydrogen-bond donors (Lipinski definition) is 2. The number of methoxy groups -OCH3 is 2. The van der Waals surface area contributed by atoms with Gasteiger partial charge in [-0.15, -0.1) is 0 Å². The van der Waals surface area contributed by atoms with Crippen LogP contribution in [0, 0.1) is 0 Å². The van der Waals surface area contributed by atoms with Gasteiger partial charge in [0.05, 0.1) is 19.1 Å². The quantitative estimate of drug-likeness (QED) is 0.671. The van der Waals surface area contributed by atoms with Crippen molar-refractivity contribution in [2.24, 2.45) is 4.99 Å². The molecule has 0 radical (unpaired) electrons. The Morgan fingerprint density at radius 3 is 2.69 bits per heavy atom. The number of carbonyl (C=O) groups excluding carboxylic acids is 1. The Balaban J connectivity index is 1.84. The first-order valence-electron chi connectivity index (χ1n) is 8.45. The Labute approximate surface area is 171 Å². The Hall–Kier alpha value is -3.46. The molecule has 0 saturated carbocycles. The van der Waals surface area contributed by atoms with Crippen molar-refractivity contribution in [1.29, 1.82) is 0 Å². The maximum Gasteiger partial charge on any atom is 0.341 e. The van der Waals surface area contributed by atoms with Gasteiger partial charge in [0, 0.05) is 11.6 Å². The summed E-state index contributed by atoms with van der Waals surface area (Å²) in [6.45, 7) is -0.469. The van der Waals surface area contributed by atoms with Gasteiger partial charge in [0.1, 0.15) is 22.9 Å². The SMILES string of the molecule is COc1ccc(N=C2NC(=O)/C(=C\c3ccccc3OCC(=O)O)S2)c(OC)c1. The molecule has 1 fully saturated rings. The maximum atomic E-state index is 12.3. The van der Waals surface area contributed by atoms with E-state index in [2.05, 4.69) is 10.3 Å². The molecule has 1 saturated heterocycles. The Kier molecular flexibility index (Phi) is 6.40. The molecule has 1 amide bonds. The maximum absolute atomic E-state index is 12.3. The van der Waals surface area contributed by atoms with Gasteiger partial charge in [-0.3, -0.25) is 4.79 Å². The largest absolute Gasteiger partial charge is 0.497 e. The lowest BCUT2D eigenvalue weighted by molar-refractivity contribution is -0.139. The minimum absolute atomic E-state index is 0.311. The third-order valence-corrected chi connectivity index (χ3v) is 4.73. The summed E-state index contributed by atoms with van der Waals surface area (Å²) in [5, 5.41) is 11.9. The van der Waals surface area contributed by atoms with E-state index in [1.807, 2.05) is 0 Å². The summed E-state index contributed by atoms with van der Waals surface area (Å²) in [5.41, 5.74) is 1.14. The normalized spacial score (nSPS) is 16.0. The molecule has 0 unspecified atom stereocenters. The van der Waals surface area contributed by atoms with Crippen molar-refractivity contribution in [3.63, 3.8) is 0 Å². The highest BCUT2D eigenvalue weighted by atomic mass is 32.2. The molecule has 0 bridgehead atoms. The summed E-state index contributed by atoms with van der Waals surface area (Å²) in [5.74, 6) is 0.125. The molecule has 2 aromatic rings. The van der Waals surface area contributed by atoms with Crippen molar-refractivity contribution >= 4 is 40.6 Å². The number of carboxylic acid groups (broad SMARTS) is 1. The second-order valence-corrected chi connectivity index (χ2v) is 6.77. The fourth-order valence-electron chi connectivity index (χ4n) is 2.48. The topological polar surface area (TPSA) is 106 Å². The zero-order valence-corrected chi connectivity index (χ0v) is 16.5. The fraction of sp³-hybridized carbons (Fsp3) is 0.150. The van der Waals surface area contributed by atoms with Crippen LogP contribution in [0.5, 0.6) is 17.2 Å². The highest BCUT2D eigenvalue weighted by Gasteiger charge is 2.24. The van der Waals surface area contributed by atoms with Crippen LogP contribution in [0.2, 0.25) is 0 Å². The van der Waals surface area contributed by atoms with Gasteiger partial charge in [-0.1, -0.05) is 18.2 Å². The molecular formula is C20H18N2O6S. The lowest BCUT2D eigenvalue weighted by Crippen LogP contribution is -2.19. The van der Waals surface area contributed by atoms with Gasteiger partial charge < -0.3 is 24.6 Å². The molecule has 0 aromatic heterocycles. The second-order valence-electron chi connectivity index (χ2n) is 5.74. The number of ether oxygens (including phenoxy) is 3. The molecule has 150 valence electrons. The number of amides is 1. The van der Waals surface area contributed by atoms with Crippen LogP contribution in [0.1, 0.15) is 5.56 Å². The van der Waals surface area contributed by atoms with Crippen LogP contribution in [0.3, 0.4) is 0 Å². The Bertz CT molecular complexity index is 1000. The molecule has 1 heterocycles. The lowest BCUT2D eigenvalue weighted by Gasteiger charge is -2.07. The number of para-hydroxylation sites is 1. The van der Waals surface area contributed by atoms with Crippen LogP contribution in [0.25, 0.3) is 6.08 Å². The molecule has 0 spiro atoms. The van der Waals surface area contributed by atoms with Gasteiger partial charge in [-0.05, 0) is 36.0 Å². The Morgan fingerprint density at radius 1 is 1.17 bits per heavy atom. The summed E-state index contributed by atoms with van der Waals surface area (Å²) in [4.78, 5) is 27.9. The number of aliphatic carboxylic acids is 1. The monoisotopic (exact) mass is 414 g/mol. The molecule has 0 aliphatic carbocycles. The van der Waals surface area contributed by atoms with Crippen LogP contribution in [0.15, 0.2) is 52.4 Å². The summed E-state index contributed by atoms with van der Waals surface area (Å²) in [6, 6.07) is 12.1. The standard InChI is InChI=1S/C20H18N2O6S/c1-26-13-7-8-14(16(10-13)27-2)21-20-22-19(25)17(29-20)9-12-5-3-4-6-15(12)28-11-18(23)24/h3-10H,11H2,1-2H3,(H,23,24)(H,21,22,25)/b17-9+. The Morgan fingerprint density at radius 2 is 1.97 bits per heavy atom. The lowest BCUT2D eigenvalue weighted by atomic mass is 10.2. The van der Waals surface area contributed by atoms with Crippen molar-refractivity contribution in [1.82, 2.24) is 5.32 Å². The number of benzene rings is 2. The number of nitrogens with one attached hydrogen (secondary N) is 1. The van der Waals surface area contributed by atoms with Crippen molar-refractivity contribution < 1.29 is 28.9 Å². The first kappa shape index (κ1) is 20.3. The average Bonchev–Trinajstić information content (AvgIpc) is 3.06. The van der Waals surface area contributed by atoms with Crippen molar-refractivity contribution in [2.45, 2.75) is 0 Å². The minimum Gasteiger partial charge on any atom is -0.497 e. The molecule has 0 atom stereocenters. The molecule has 2 aromatic carbocycles. The molecular weight excluding hydrogens is 396 g/mol. The van der Waals surface area contributed by atoms with Crippen LogP contribution in [-0.2, 0) is 9.59 Å². The van der Waals surface area contributed by atoms with E-state index in [1.165, 1.54) is 7.11 Å². The summed E-state index contributed by atoms with van der Waals surface area (Å²) >= 11 is 1.16. The van der Waals surface area contributed by atoms with Gasteiger partial charge >= 0.3 is 5.97 Å². The highest BCUT2D eigenvalue weighted by Crippen LogP contribution is 2.35. The predicted octanol–water partition coefficient (Wildman–Crippen LogP) is 3.06. The molecule has 29 heavy (non-hydrogen) atoms. The van der Waals surface area contributed by atoms with Crippen LogP contribution in [0.4, 0.5) is 5.69 Å². The van der Waals surface area contributed by atoms with Crippen LogP contribution < -0.4 is 19.5 Å². The fourth-order valence-corrected chi connectivity index (χ4v) is 3.30. The molecule has 1 aliphatic heterocycles. The van der Waals surface area contributed by atoms with Gasteiger partial charge in [0.25, 0.3) is 5.91 Å². The van der Waals surface area contributed by atoms with Crippen LogP contribution >= 0.6 is 11.8 Å². The molecule has 9 heteroatoms. The number of amidine groups is 1. The number of aliphatic imine (C=N–C) groups is 1. The van der Waals surface area contributed by atoms with E-state index in [1.54, 1.807) is 55.7 Å². The van der Waals surface area contributed by atoms with Gasteiger partial charge in [-0.25, -0.2) is 9.79 Å². The number of nitrogens with zero attached hydrogens (tertiary/aromatic N) is 1. The number of carbonyl (C=O) groups is 2. The molecule has 2 N–H and O–H groups in total. The van der Waals surface area contributed by atoms with Crippen molar-refractivity contribution in [3.8, 4) is 17.2 Å². The number of rotatable bonds is 7. The molecule has 3 rings (SSSR count). The van der Waals surface area contributed by atoms with E-state index < -0.39 is 12.6 Å². The van der Waals surface area contributed by atoms with Gasteiger partial charge in [0.2, 0.25) is 0 Å². The highest BCUT2D eigenvalue weighted by molar-refractivity contribution is 8.18. The van der Waals surface area contributed by atoms with E-state index >= 15 is 0 Å². The molecule has 8 nitrogen and oxygen atoms in total. The predicted molar refractivity (Wildman–Crippen MR) is 110 cm³/mol. The average molecular weight is 414 g/mol. The number of thioether (sulfide) groups is 1. The molecule has 1 aliphatic rings. The number of carboxylic acids is 1. The van der Waals surface area contributed by atoms with E-state index in [0.717, 1.165) is 11.8 Å². The van der Waals surface area contributed by atoms with E-state index in [-0.39, 0.29) is 5.91 Å². The third kappa shape index (κ3) is 5.08. The van der Waals surface area contributed by atoms with E-state index in [9.17, 15) is 9.59 Å². The third-order valence-electron chi connectivity index (χ3n) is 3.82. The van der Waals surface area contributed by atoms with E-state index in [0.29, 0.717) is 38.6 Å².